The van der Waals surface area contributed by atoms with Crippen LogP contribution in [0.1, 0.15) is 57.8 Å². The molecule has 126 valence electrons. The van der Waals surface area contributed by atoms with Crippen LogP contribution in [-0.2, 0) is 0 Å². The van der Waals surface area contributed by atoms with Gasteiger partial charge in [0.15, 0.2) is 0 Å². The fourth-order valence-corrected chi connectivity index (χ4v) is 21.0. The fraction of sp³-hybridized carbons (Fsp3) is 0.700. The van der Waals surface area contributed by atoms with Gasteiger partial charge < -0.3 is 0 Å². The first kappa shape index (κ1) is 19.7. The third kappa shape index (κ3) is 3.59. The summed E-state index contributed by atoms with van der Waals surface area (Å²) in [6.07, 6.45) is 0. The molecule has 0 radical (unpaired) electrons. The Balaban J connectivity index is 3.53. The van der Waals surface area contributed by atoms with E-state index < -0.39 is 16.1 Å². The first-order valence-electron chi connectivity index (χ1n) is 9.55. The lowest BCUT2D eigenvalue weighted by atomic mass is 10.2. The van der Waals surface area contributed by atoms with E-state index in [1.54, 1.807) is 5.56 Å². The van der Waals surface area contributed by atoms with Gasteiger partial charge >= 0.3 is 0 Å². The molecular formula is C20H38Si2. The Morgan fingerprint density at radius 3 is 1.23 bits per heavy atom. The molecule has 0 heterocycles. The summed E-state index contributed by atoms with van der Waals surface area (Å²) in [6, 6.07) is 18.4. The zero-order valence-electron chi connectivity index (χ0n) is 16.1. The summed E-state index contributed by atoms with van der Waals surface area (Å²) in [6.45, 7) is 17.1. The van der Waals surface area contributed by atoms with Crippen LogP contribution in [0.5, 0.6) is 0 Å². The molecule has 0 spiro atoms. The SMILES string of the molecule is CC[Si](CC)(CC)C(c1ccc(C)cc1)[Si](CC)(CC)CC. The normalized spacial score (nSPS) is 12.9. The third-order valence-corrected chi connectivity index (χ3v) is 22.1. The molecule has 0 saturated carbocycles. The molecule has 0 amide bonds. The maximum atomic E-state index is 2.49. The van der Waals surface area contributed by atoms with Gasteiger partial charge in [-0.2, -0.15) is 0 Å². The van der Waals surface area contributed by atoms with Crippen molar-refractivity contribution in [3.63, 3.8) is 0 Å². The van der Waals surface area contributed by atoms with Gasteiger partial charge in [0.05, 0.1) is 16.1 Å². The summed E-state index contributed by atoms with van der Waals surface area (Å²) in [4.78, 5) is 0. The highest BCUT2D eigenvalue weighted by atomic mass is 28.4. The monoisotopic (exact) mass is 334 g/mol. The van der Waals surface area contributed by atoms with Crippen molar-refractivity contribution < 1.29 is 0 Å². The summed E-state index contributed by atoms with van der Waals surface area (Å²) in [5.41, 5.74) is 3.09. The predicted octanol–water partition coefficient (Wildman–Crippen LogP) is 7.17. The van der Waals surface area contributed by atoms with Crippen LogP contribution in [0.15, 0.2) is 24.3 Å². The molecule has 0 aromatic heterocycles. The molecule has 1 rings (SSSR count). The van der Waals surface area contributed by atoms with E-state index in [0.29, 0.717) is 0 Å². The van der Waals surface area contributed by atoms with Gasteiger partial charge in [0.1, 0.15) is 0 Å². The van der Waals surface area contributed by atoms with Crippen molar-refractivity contribution in [1.29, 1.82) is 0 Å². The second-order valence-electron chi connectivity index (χ2n) is 7.19. The van der Waals surface area contributed by atoms with Gasteiger partial charge in [-0.3, -0.25) is 0 Å². The molecule has 0 unspecified atom stereocenters. The van der Waals surface area contributed by atoms with E-state index in [9.17, 15) is 0 Å². The molecule has 0 atom stereocenters. The summed E-state index contributed by atoms with van der Waals surface area (Å²) < 4.78 is 0. The van der Waals surface area contributed by atoms with Gasteiger partial charge in [-0.05, 0) is 12.1 Å². The van der Waals surface area contributed by atoms with Crippen LogP contribution in [0.3, 0.4) is 0 Å². The lowest BCUT2D eigenvalue weighted by Crippen LogP contribution is -2.55. The average molecular weight is 335 g/mol. The molecule has 0 bridgehead atoms. The molecule has 0 saturated heterocycles. The van der Waals surface area contributed by atoms with E-state index in [0.717, 1.165) is 5.16 Å². The number of aryl methyl sites for hydroxylation is 1. The minimum atomic E-state index is -1.24. The topological polar surface area (TPSA) is 0 Å². The van der Waals surface area contributed by atoms with Crippen LogP contribution < -0.4 is 0 Å². The van der Waals surface area contributed by atoms with E-state index in [2.05, 4.69) is 72.7 Å². The van der Waals surface area contributed by atoms with Gasteiger partial charge in [-0.25, -0.2) is 0 Å². The second-order valence-corrected chi connectivity index (χ2v) is 18.6. The first-order valence-corrected chi connectivity index (χ1v) is 14.9. The zero-order valence-corrected chi connectivity index (χ0v) is 18.1. The Kier molecular flexibility index (Phi) is 7.60. The van der Waals surface area contributed by atoms with Crippen LogP contribution in [0.25, 0.3) is 0 Å². The lowest BCUT2D eigenvalue weighted by molar-refractivity contribution is 0.988. The van der Waals surface area contributed by atoms with Gasteiger partial charge in [-0.15, -0.1) is 0 Å². The minimum Gasteiger partial charge on any atom is -0.0678 e. The predicted molar refractivity (Wildman–Crippen MR) is 108 cm³/mol. The van der Waals surface area contributed by atoms with E-state index in [1.807, 2.05) is 0 Å². The van der Waals surface area contributed by atoms with E-state index in [4.69, 9.17) is 0 Å². The van der Waals surface area contributed by atoms with Crippen LogP contribution in [0.2, 0.25) is 36.3 Å². The van der Waals surface area contributed by atoms with Gasteiger partial charge in [0.2, 0.25) is 0 Å². The first-order chi connectivity index (χ1) is 10.5. The van der Waals surface area contributed by atoms with Gasteiger partial charge in [-0.1, -0.05) is 113 Å². The summed E-state index contributed by atoms with van der Waals surface area (Å²) >= 11 is 0. The number of rotatable bonds is 9. The van der Waals surface area contributed by atoms with Crippen molar-refractivity contribution in [2.45, 2.75) is 89.9 Å². The molecule has 0 fully saturated rings. The fourth-order valence-electron chi connectivity index (χ4n) is 4.84. The molecule has 2 heteroatoms. The molecule has 0 N–H and O–H groups in total. The van der Waals surface area contributed by atoms with Crippen molar-refractivity contribution in [1.82, 2.24) is 0 Å². The summed E-state index contributed by atoms with van der Waals surface area (Å²) in [5.74, 6) is 0. The smallest absolute Gasteiger partial charge is 0.0577 e. The average Bonchev–Trinajstić information content (AvgIpc) is 2.58. The Hall–Kier alpha value is -0.346. The van der Waals surface area contributed by atoms with E-state index >= 15 is 0 Å². The largest absolute Gasteiger partial charge is 0.0678 e. The Morgan fingerprint density at radius 2 is 0.955 bits per heavy atom. The number of hydrogen-bond acceptors (Lipinski definition) is 0. The van der Waals surface area contributed by atoms with Crippen molar-refractivity contribution in [2.75, 3.05) is 0 Å². The summed E-state index contributed by atoms with van der Waals surface area (Å²) in [7, 11) is -2.48. The van der Waals surface area contributed by atoms with E-state index in [-0.39, 0.29) is 0 Å². The molecule has 0 aliphatic heterocycles. The second kappa shape index (κ2) is 8.49. The van der Waals surface area contributed by atoms with Crippen LogP contribution in [-0.4, -0.2) is 16.1 Å². The Labute approximate surface area is 141 Å². The molecule has 22 heavy (non-hydrogen) atoms. The highest BCUT2D eigenvalue weighted by molar-refractivity contribution is 6.99. The van der Waals surface area contributed by atoms with Gasteiger partial charge in [0.25, 0.3) is 0 Å². The molecule has 0 nitrogen and oxygen atoms in total. The third-order valence-electron chi connectivity index (χ3n) is 6.86. The quantitative estimate of drug-likeness (QED) is 0.420. The van der Waals surface area contributed by atoms with Crippen molar-refractivity contribution in [3.05, 3.63) is 35.4 Å². The highest BCUT2D eigenvalue weighted by Crippen LogP contribution is 2.46. The highest BCUT2D eigenvalue weighted by Gasteiger charge is 2.48. The van der Waals surface area contributed by atoms with Crippen LogP contribution >= 0.6 is 0 Å². The zero-order chi connectivity index (χ0) is 16.8. The number of hydrogen-bond donors (Lipinski definition) is 0. The van der Waals surface area contributed by atoms with Crippen molar-refractivity contribution in [3.8, 4) is 0 Å². The van der Waals surface area contributed by atoms with Crippen molar-refractivity contribution in [2.24, 2.45) is 0 Å². The lowest BCUT2D eigenvalue weighted by Gasteiger charge is -2.48. The van der Waals surface area contributed by atoms with Gasteiger partial charge in [0, 0.05) is 0 Å². The maximum absolute atomic E-state index is 2.49. The molecule has 0 aliphatic rings. The maximum Gasteiger partial charge on any atom is 0.0577 e. The van der Waals surface area contributed by atoms with Crippen LogP contribution in [0, 0.1) is 6.92 Å². The summed E-state index contributed by atoms with van der Waals surface area (Å²) in [5, 5.41) is 0.945. The Morgan fingerprint density at radius 1 is 0.636 bits per heavy atom. The molecular weight excluding hydrogens is 296 g/mol. The minimum absolute atomic E-state index is 0.945. The van der Waals surface area contributed by atoms with Crippen molar-refractivity contribution >= 4 is 16.1 Å². The molecule has 0 aliphatic carbocycles. The molecule has 1 aromatic rings. The number of benzene rings is 1. The van der Waals surface area contributed by atoms with Crippen LogP contribution in [0.4, 0.5) is 0 Å². The van der Waals surface area contributed by atoms with E-state index in [1.165, 1.54) is 41.8 Å². The standard InChI is InChI=1S/C20H38Si2/c1-8-21(9-2,10-3)20(22(11-4,12-5)13-6)19-16-14-18(7)15-17-19/h14-17,20H,8-13H2,1-7H3. The Bertz CT molecular complexity index is 391. The molecule has 1 aromatic carbocycles.